The fraction of sp³-hybridized carbons (Fsp3) is 1.00. The second-order valence-corrected chi connectivity index (χ2v) is 3.84. The molecule has 58 valence electrons. The van der Waals surface area contributed by atoms with Crippen LogP contribution in [0.25, 0.3) is 0 Å². The molecule has 0 aromatic rings. The third-order valence-corrected chi connectivity index (χ3v) is 3.49. The topological polar surface area (TPSA) is 47.9 Å². The van der Waals surface area contributed by atoms with E-state index in [0.29, 0.717) is 18.6 Å². The van der Waals surface area contributed by atoms with Crippen LogP contribution in [-0.2, 0) is 0 Å². The van der Waals surface area contributed by atoms with E-state index in [0.717, 1.165) is 11.8 Å². The minimum Gasteiger partial charge on any atom is -0.396 e. The van der Waals surface area contributed by atoms with Crippen LogP contribution in [0.2, 0.25) is 0 Å². The number of hydrogen-bond donors (Lipinski definition) is 2. The predicted molar refractivity (Wildman–Crippen MR) is 38.1 cm³/mol. The summed E-state index contributed by atoms with van der Waals surface area (Å²) in [6.07, 6.45) is 4.07. The lowest BCUT2D eigenvalue weighted by molar-refractivity contribution is -0.444. The monoisotopic (exact) mass is 142 g/mol. The Morgan fingerprint density at radius 3 is 2.40 bits per heavy atom. The summed E-state index contributed by atoms with van der Waals surface area (Å²) in [6, 6.07) is 0.559. The Morgan fingerprint density at radius 2 is 2.00 bits per heavy atom. The molecule has 4 N–H and O–H groups in total. The lowest BCUT2D eigenvalue weighted by atomic mass is 9.86. The summed E-state index contributed by atoms with van der Waals surface area (Å²) in [6.45, 7) is 0.370. The Morgan fingerprint density at radius 1 is 1.30 bits per heavy atom. The first kappa shape index (κ1) is 6.62. The van der Waals surface area contributed by atoms with Gasteiger partial charge in [0, 0.05) is 11.8 Å². The van der Waals surface area contributed by atoms with Crippen LogP contribution in [0.4, 0.5) is 0 Å². The number of fused-ring (bicyclic) bond motifs is 2. The fourth-order valence-electron chi connectivity index (χ4n) is 2.81. The lowest BCUT2D eigenvalue weighted by Crippen LogP contribution is -2.67. The molecule has 2 aliphatic rings. The molecular weight excluding hydrogens is 126 g/mol. The van der Waals surface area contributed by atoms with E-state index < -0.39 is 0 Å². The molecule has 2 rings (SSSR count). The normalized spacial score (nSPS) is 52.2. The Hall–Kier alpha value is -0.0800. The van der Waals surface area contributed by atoms with Gasteiger partial charge in [-0.05, 0) is 25.2 Å². The number of aliphatic hydroxyl groups is 1. The Balaban J connectivity index is 2.10. The third-order valence-electron chi connectivity index (χ3n) is 3.49. The van der Waals surface area contributed by atoms with Crippen molar-refractivity contribution >= 4 is 0 Å². The zero-order chi connectivity index (χ0) is 7.14. The number of quaternary nitrogens is 1. The zero-order valence-corrected chi connectivity index (χ0v) is 6.29. The van der Waals surface area contributed by atoms with E-state index in [2.05, 4.69) is 5.73 Å². The summed E-state index contributed by atoms with van der Waals surface area (Å²) in [4.78, 5) is 0. The average molecular weight is 142 g/mol. The van der Waals surface area contributed by atoms with Gasteiger partial charge in [-0.15, -0.1) is 0 Å². The van der Waals surface area contributed by atoms with Crippen molar-refractivity contribution in [2.45, 2.75) is 25.3 Å². The Labute approximate surface area is 61.4 Å². The van der Waals surface area contributed by atoms with Gasteiger partial charge in [0.15, 0.2) is 0 Å². The van der Waals surface area contributed by atoms with Crippen molar-refractivity contribution in [3.8, 4) is 0 Å². The van der Waals surface area contributed by atoms with Gasteiger partial charge in [-0.1, -0.05) is 0 Å². The van der Waals surface area contributed by atoms with Crippen LogP contribution >= 0.6 is 0 Å². The number of rotatable bonds is 1. The molecule has 0 amide bonds. The van der Waals surface area contributed by atoms with Gasteiger partial charge in [-0.3, -0.25) is 0 Å². The highest BCUT2D eigenvalue weighted by Crippen LogP contribution is 2.46. The molecule has 2 bridgehead atoms. The molecule has 0 unspecified atom stereocenters. The van der Waals surface area contributed by atoms with Gasteiger partial charge in [0.25, 0.3) is 0 Å². The maximum absolute atomic E-state index is 9.02. The van der Waals surface area contributed by atoms with Crippen molar-refractivity contribution in [1.29, 1.82) is 0 Å². The lowest BCUT2D eigenvalue weighted by Gasteiger charge is -2.22. The first-order valence-electron chi connectivity index (χ1n) is 4.27. The molecule has 0 heterocycles. The largest absolute Gasteiger partial charge is 0.396 e. The third kappa shape index (κ3) is 0.722. The predicted octanol–water partition coefficient (Wildman–Crippen LogP) is -0.365. The standard InChI is InChI=1S/C8H15NO/c9-8-6-2-1-5(3-6)7(8)4-10/h5-8,10H,1-4,9H2/p+1/t5-,6+,7-,8+/m0/s1. The summed E-state index contributed by atoms with van der Waals surface area (Å²) in [5.41, 5.74) is 4.11. The van der Waals surface area contributed by atoms with E-state index in [-0.39, 0.29) is 0 Å². The Bertz CT molecular complexity index is 135. The smallest absolute Gasteiger partial charge is 0.0925 e. The highest BCUT2D eigenvalue weighted by Gasteiger charge is 2.47. The summed E-state index contributed by atoms with van der Waals surface area (Å²) in [7, 11) is 0. The number of aliphatic hydroxyl groups excluding tert-OH is 1. The molecule has 2 fully saturated rings. The summed E-state index contributed by atoms with van der Waals surface area (Å²) < 4.78 is 0. The van der Waals surface area contributed by atoms with Crippen molar-refractivity contribution in [3.63, 3.8) is 0 Å². The first-order chi connectivity index (χ1) is 4.83. The SMILES string of the molecule is [NH3+][C@@H]1[C@@H]2CC[C@@H](C2)[C@@H]1CO. The summed E-state index contributed by atoms with van der Waals surface area (Å²) >= 11 is 0. The van der Waals surface area contributed by atoms with Gasteiger partial charge in [-0.25, -0.2) is 0 Å². The second-order valence-electron chi connectivity index (χ2n) is 3.84. The maximum Gasteiger partial charge on any atom is 0.0925 e. The van der Waals surface area contributed by atoms with E-state index in [1.54, 1.807) is 0 Å². The van der Waals surface area contributed by atoms with Crippen LogP contribution in [0.5, 0.6) is 0 Å². The quantitative estimate of drug-likeness (QED) is 0.516. The minimum absolute atomic E-state index is 0.370. The van der Waals surface area contributed by atoms with Crippen LogP contribution in [0.3, 0.4) is 0 Å². The van der Waals surface area contributed by atoms with E-state index in [1.165, 1.54) is 19.3 Å². The van der Waals surface area contributed by atoms with Gasteiger partial charge in [0.1, 0.15) is 0 Å². The molecule has 0 spiro atoms. The van der Waals surface area contributed by atoms with Gasteiger partial charge in [0.05, 0.1) is 12.6 Å². The molecular formula is C8H16NO+. The zero-order valence-electron chi connectivity index (χ0n) is 6.29. The highest BCUT2D eigenvalue weighted by atomic mass is 16.3. The summed E-state index contributed by atoms with van der Waals surface area (Å²) in [5, 5.41) is 9.02. The first-order valence-corrected chi connectivity index (χ1v) is 4.27. The van der Waals surface area contributed by atoms with Crippen LogP contribution in [-0.4, -0.2) is 17.8 Å². The van der Waals surface area contributed by atoms with Crippen molar-refractivity contribution in [2.24, 2.45) is 17.8 Å². The molecule has 2 aliphatic carbocycles. The van der Waals surface area contributed by atoms with Crippen molar-refractivity contribution in [1.82, 2.24) is 0 Å². The molecule has 2 heteroatoms. The van der Waals surface area contributed by atoms with Crippen molar-refractivity contribution in [3.05, 3.63) is 0 Å². The fourth-order valence-corrected chi connectivity index (χ4v) is 2.81. The molecule has 0 radical (unpaired) electrons. The molecule has 0 aliphatic heterocycles. The molecule has 4 atom stereocenters. The highest BCUT2D eigenvalue weighted by molar-refractivity contribution is 4.95. The summed E-state index contributed by atoms with van der Waals surface area (Å²) in [5.74, 6) is 2.21. The maximum atomic E-state index is 9.02. The molecule has 0 aromatic heterocycles. The van der Waals surface area contributed by atoms with Crippen LogP contribution in [0.15, 0.2) is 0 Å². The molecule has 10 heavy (non-hydrogen) atoms. The van der Waals surface area contributed by atoms with Crippen molar-refractivity contribution in [2.75, 3.05) is 6.61 Å². The Kier molecular flexibility index (Phi) is 1.46. The van der Waals surface area contributed by atoms with Gasteiger partial charge in [-0.2, -0.15) is 0 Å². The molecule has 2 nitrogen and oxygen atoms in total. The minimum atomic E-state index is 0.370. The van der Waals surface area contributed by atoms with E-state index >= 15 is 0 Å². The van der Waals surface area contributed by atoms with Crippen LogP contribution in [0.1, 0.15) is 19.3 Å². The van der Waals surface area contributed by atoms with E-state index in [1.807, 2.05) is 0 Å². The molecule has 0 aromatic carbocycles. The average Bonchev–Trinajstić information content (AvgIpc) is 2.46. The van der Waals surface area contributed by atoms with E-state index in [4.69, 9.17) is 5.11 Å². The van der Waals surface area contributed by atoms with Gasteiger partial charge < -0.3 is 10.8 Å². The van der Waals surface area contributed by atoms with Crippen LogP contribution < -0.4 is 5.73 Å². The number of hydrogen-bond acceptors (Lipinski definition) is 1. The van der Waals surface area contributed by atoms with Crippen molar-refractivity contribution < 1.29 is 10.8 Å². The second kappa shape index (κ2) is 2.21. The molecule has 0 saturated heterocycles. The van der Waals surface area contributed by atoms with E-state index in [9.17, 15) is 0 Å². The van der Waals surface area contributed by atoms with Crippen LogP contribution in [0, 0.1) is 17.8 Å². The van der Waals surface area contributed by atoms with Gasteiger partial charge in [0.2, 0.25) is 0 Å². The van der Waals surface area contributed by atoms with Gasteiger partial charge >= 0.3 is 0 Å². The molecule has 2 saturated carbocycles.